The molecule has 1 unspecified atom stereocenters. The molecular weight excluding hydrogens is 242 g/mol. The molecule has 1 N–H and O–H groups in total. The molecule has 0 radical (unpaired) electrons. The molecule has 2 aromatic rings. The lowest BCUT2D eigenvalue weighted by atomic mass is 10.1. The molecule has 3 rings (SSSR count). The third-order valence-corrected chi connectivity index (χ3v) is 3.17. The molecule has 0 spiro atoms. The Balaban J connectivity index is 2.08. The number of hydrogen-bond acceptors (Lipinski definition) is 5. The van der Waals surface area contributed by atoms with E-state index in [-0.39, 0.29) is 0 Å². The van der Waals surface area contributed by atoms with E-state index >= 15 is 0 Å². The van der Waals surface area contributed by atoms with E-state index < -0.39 is 5.60 Å². The molecule has 1 fully saturated rings. The minimum Gasteiger partial charge on any atom is -0.388 e. The average Bonchev–Trinajstić information content (AvgIpc) is 2.82. The largest absolute Gasteiger partial charge is 0.388 e. The topological polar surface area (TPSA) is 66.5 Å². The maximum absolute atomic E-state index is 9.98. The van der Waals surface area contributed by atoms with Gasteiger partial charge < -0.3 is 10.0 Å². The van der Waals surface area contributed by atoms with Gasteiger partial charge in [0.15, 0.2) is 0 Å². The fraction of sp³-hybridized carbons (Fsp3) is 0.500. The van der Waals surface area contributed by atoms with Gasteiger partial charge in [0.05, 0.1) is 5.60 Å². The third-order valence-electron chi connectivity index (χ3n) is 2.98. The summed E-state index contributed by atoms with van der Waals surface area (Å²) in [6, 6.07) is 1.74. The minimum absolute atomic E-state index is 0.382. The van der Waals surface area contributed by atoms with E-state index in [1.54, 1.807) is 10.6 Å². The van der Waals surface area contributed by atoms with E-state index in [1.165, 1.54) is 6.33 Å². The predicted molar refractivity (Wildman–Crippen MR) is 63.2 cm³/mol. The number of rotatable bonds is 1. The smallest absolute Gasteiger partial charge is 0.255 e. The van der Waals surface area contributed by atoms with Crippen molar-refractivity contribution in [2.45, 2.75) is 18.9 Å². The van der Waals surface area contributed by atoms with Crippen molar-refractivity contribution < 1.29 is 5.11 Å². The summed E-state index contributed by atoms with van der Waals surface area (Å²) in [5.74, 6) is 1.29. The molecule has 17 heavy (non-hydrogen) atoms. The number of halogens is 1. The molecule has 1 aliphatic rings. The summed E-state index contributed by atoms with van der Waals surface area (Å²) in [6.45, 7) is 3.15. The van der Waals surface area contributed by atoms with Gasteiger partial charge >= 0.3 is 0 Å². The quantitative estimate of drug-likeness (QED) is 0.760. The highest BCUT2D eigenvalue weighted by molar-refractivity contribution is 6.29. The van der Waals surface area contributed by atoms with Crippen molar-refractivity contribution in [3.05, 3.63) is 17.5 Å². The van der Waals surface area contributed by atoms with Crippen LogP contribution in [-0.2, 0) is 0 Å². The first-order chi connectivity index (χ1) is 8.05. The molecule has 0 aromatic carbocycles. The second-order valence-electron chi connectivity index (χ2n) is 4.58. The predicted octanol–water partition coefficient (Wildman–Crippen LogP) is 0.739. The van der Waals surface area contributed by atoms with Crippen LogP contribution in [0.4, 0.5) is 5.82 Å². The van der Waals surface area contributed by atoms with Gasteiger partial charge in [0, 0.05) is 19.2 Å². The lowest BCUT2D eigenvalue weighted by molar-refractivity contribution is 0.0839. The van der Waals surface area contributed by atoms with E-state index in [0.717, 1.165) is 18.8 Å². The number of β-amino-alcohol motifs (C(OH)–C–C–N with tert-alkyl or cyclic N) is 1. The maximum atomic E-state index is 9.98. The van der Waals surface area contributed by atoms with Crippen molar-refractivity contribution in [1.29, 1.82) is 0 Å². The van der Waals surface area contributed by atoms with Gasteiger partial charge in [-0.25, -0.2) is 0 Å². The fourth-order valence-electron chi connectivity index (χ4n) is 2.13. The van der Waals surface area contributed by atoms with Crippen LogP contribution in [-0.4, -0.2) is 43.4 Å². The number of hydrogen-bond donors (Lipinski definition) is 1. The molecule has 90 valence electrons. The Bertz CT molecular complexity index is 567. The monoisotopic (exact) mass is 253 g/mol. The Morgan fingerprint density at radius 3 is 3.06 bits per heavy atom. The second kappa shape index (κ2) is 3.54. The molecule has 1 aliphatic heterocycles. The zero-order valence-corrected chi connectivity index (χ0v) is 10.1. The normalized spacial score (nSPS) is 24.8. The van der Waals surface area contributed by atoms with E-state index in [4.69, 9.17) is 11.6 Å². The Labute approximate surface area is 103 Å². The van der Waals surface area contributed by atoms with Crippen molar-refractivity contribution in [2.24, 2.45) is 0 Å². The molecule has 3 heterocycles. The van der Waals surface area contributed by atoms with Crippen LogP contribution in [0.5, 0.6) is 0 Å². The highest BCUT2D eigenvalue weighted by Gasteiger charge is 2.32. The van der Waals surface area contributed by atoms with Crippen LogP contribution in [0.25, 0.3) is 5.78 Å². The van der Waals surface area contributed by atoms with Crippen molar-refractivity contribution in [3.63, 3.8) is 0 Å². The molecule has 7 heteroatoms. The van der Waals surface area contributed by atoms with Crippen LogP contribution in [0.3, 0.4) is 0 Å². The SMILES string of the molecule is CC1(O)CCN(c2cc(Cl)nc3ncnn23)C1. The third kappa shape index (κ3) is 1.83. The number of aromatic nitrogens is 4. The van der Waals surface area contributed by atoms with Crippen LogP contribution < -0.4 is 4.90 Å². The zero-order valence-electron chi connectivity index (χ0n) is 9.34. The molecule has 1 atom stereocenters. The lowest BCUT2D eigenvalue weighted by Crippen LogP contribution is -2.30. The molecule has 1 saturated heterocycles. The van der Waals surface area contributed by atoms with Gasteiger partial charge in [0.2, 0.25) is 0 Å². The molecule has 0 aliphatic carbocycles. The van der Waals surface area contributed by atoms with Crippen molar-refractivity contribution in [3.8, 4) is 0 Å². The Morgan fingerprint density at radius 1 is 1.53 bits per heavy atom. The molecule has 6 nitrogen and oxygen atoms in total. The molecule has 0 saturated carbocycles. The Kier molecular flexibility index (Phi) is 2.24. The highest BCUT2D eigenvalue weighted by atomic mass is 35.5. The summed E-state index contributed by atoms with van der Waals surface area (Å²) in [6.07, 6.45) is 2.17. The number of fused-ring (bicyclic) bond motifs is 1. The van der Waals surface area contributed by atoms with E-state index in [9.17, 15) is 5.11 Å². The van der Waals surface area contributed by atoms with Crippen molar-refractivity contribution in [2.75, 3.05) is 18.0 Å². The van der Waals surface area contributed by atoms with Gasteiger partial charge in [0.25, 0.3) is 5.78 Å². The van der Waals surface area contributed by atoms with Gasteiger partial charge in [-0.05, 0) is 13.3 Å². The number of aliphatic hydroxyl groups is 1. The minimum atomic E-state index is -0.664. The van der Waals surface area contributed by atoms with Crippen LogP contribution in [0.1, 0.15) is 13.3 Å². The van der Waals surface area contributed by atoms with Crippen LogP contribution in [0, 0.1) is 0 Å². The summed E-state index contributed by atoms with van der Waals surface area (Å²) in [5, 5.41) is 14.5. The van der Waals surface area contributed by atoms with Crippen LogP contribution in [0.15, 0.2) is 12.4 Å². The van der Waals surface area contributed by atoms with Crippen molar-refractivity contribution >= 4 is 23.2 Å². The van der Waals surface area contributed by atoms with Gasteiger partial charge in [0.1, 0.15) is 17.3 Å². The second-order valence-corrected chi connectivity index (χ2v) is 4.96. The molecule has 0 bridgehead atoms. The summed E-state index contributed by atoms with van der Waals surface area (Å²) in [7, 11) is 0. The molecule has 2 aromatic heterocycles. The molecular formula is C10H12ClN5O. The van der Waals surface area contributed by atoms with Crippen LogP contribution in [0.2, 0.25) is 5.15 Å². The first kappa shape index (κ1) is 10.7. The average molecular weight is 254 g/mol. The number of anilines is 1. The van der Waals surface area contributed by atoms with Crippen LogP contribution >= 0.6 is 11.6 Å². The van der Waals surface area contributed by atoms with Crippen molar-refractivity contribution in [1.82, 2.24) is 19.6 Å². The summed E-state index contributed by atoms with van der Waals surface area (Å²) in [5.41, 5.74) is -0.664. The molecule has 0 amide bonds. The van der Waals surface area contributed by atoms with Gasteiger partial charge in [-0.15, -0.1) is 0 Å². The van der Waals surface area contributed by atoms with Gasteiger partial charge in [-0.3, -0.25) is 0 Å². The highest BCUT2D eigenvalue weighted by Crippen LogP contribution is 2.27. The number of nitrogens with zero attached hydrogens (tertiary/aromatic N) is 5. The van der Waals surface area contributed by atoms with Gasteiger partial charge in [-0.1, -0.05) is 11.6 Å². The lowest BCUT2D eigenvalue weighted by Gasteiger charge is -2.21. The summed E-state index contributed by atoms with van der Waals surface area (Å²) < 4.78 is 1.63. The Morgan fingerprint density at radius 2 is 2.35 bits per heavy atom. The van der Waals surface area contributed by atoms with E-state index in [1.807, 2.05) is 11.8 Å². The first-order valence-corrected chi connectivity index (χ1v) is 5.77. The first-order valence-electron chi connectivity index (χ1n) is 5.39. The van der Waals surface area contributed by atoms with E-state index in [2.05, 4.69) is 15.1 Å². The fourth-order valence-corrected chi connectivity index (χ4v) is 2.31. The standard InChI is InChI=1S/C10H12ClN5O/c1-10(17)2-3-15(5-10)8-4-7(11)14-9-12-6-13-16(8)9/h4,6,17H,2-3,5H2,1H3. The Hall–Kier alpha value is -1.40. The van der Waals surface area contributed by atoms with Gasteiger partial charge in [-0.2, -0.15) is 19.6 Å². The maximum Gasteiger partial charge on any atom is 0.255 e. The summed E-state index contributed by atoms with van der Waals surface area (Å²) >= 11 is 5.95. The van der Waals surface area contributed by atoms with E-state index in [0.29, 0.717) is 17.5 Å². The summed E-state index contributed by atoms with van der Waals surface area (Å²) in [4.78, 5) is 10.1. The zero-order chi connectivity index (χ0) is 12.0.